The molecule has 18 heavy (non-hydrogen) atoms. The molecular formula is C17H16N+. The topological polar surface area (TPSA) is 3.01 Å². The van der Waals surface area contributed by atoms with Gasteiger partial charge in [-0.2, -0.15) is 0 Å². The quantitative estimate of drug-likeness (QED) is 0.607. The van der Waals surface area contributed by atoms with E-state index in [2.05, 4.69) is 53.1 Å². The molecule has 0 fully saturated rings. The second-order valence-corrected chi connectivity index (χ2v) is 5.21. The van der Waals surface area contributed by atoms with Crippen LogP contribution in [0.3, 0.4) is 0 Å². The molecule has 0 saturated carbocycles. The number of benzene rings is 1. The van der Waals surface area contributed by atoms with Crippen LogP contribution in [0.4, 0.5) is 0 Å². The molecule has 0 bridgehead atoms. The zero-order chi connectivity index (χ0) is 11.9. The molecule has 2 heterocycles. The summed E-state index contributed by atoms with van der Waals surface area (Å²) < 4.78 is 2.52. The van der Waals surface area contributed by atoms with Crippen molar-refractivity contribution in [2.75, 3.05) is 13.1 Å². The Labute approximate surface area is 107 Å². The molecule has 0 atom stereocenters. The molecule has 1 heteroatoms. The summed E-state index contributed by atoms with van der Waals surface area (Å²) in [5.74, 6) is 0. The minimum atomic E-state index is 1.08. The predicted octanol–water partition coefficient (Wildman–Crippen LogP) is 2.87. The van der Waals surface area contributed by atoms with E-state index in [9.17, 15) is 0 Å². The maximum Gasteiger partial charge on any atom is 0.208 e. The zero-order valence-electron chi connectivity index (χ0n) is 10.4. The van der Waals surface area contributed by atoms with E-state index in [1.807, 2.05) is 0 Å². The van der Waals surface area contributed by atoms with Crippen LogP contribution in [0.15, 0.2) is 59.7 Å². The van der Waals surface area contributed by atoms with Crippen molar-refractivity contribution >= 4 is 5.71 Å². The first-order valence-electron chi connectivity index (χ1n) is 6.69. The van der Waals surface area contributed by atoms with E-state index >= 15 is 0 Å². The Bertz CT molecular complexity index is 641. The van der Waals surface area contributed by atoms with Crippen molar-refractivity contribution in [1.82, 2.24) is 0 Å². The lowest BCUT2D eigenvalue weighted by atomic mass is 9.88. The van der Waals surface area contributed by atoms with Gasteiger partial charge in [-0.25, -0.2) is 4.58 Å². The van der Waals surface area contributed by atoms with Gasteiger partial charge in [0.15, 0.2) is 6.54 Å². The molecule has 0 amide bonds. The molecule has 0 radical (unpaired) electrons. The standard InChI is InChI=1S/C17H16N/c1-2-7-15-12-18-10-9-13-5-3-4-8-16(13)17(18)11-14(15)6-1/h1-5,7-8,11H,6,9-10,12H2/q+1. The van der Waals surface area contributed by atoms with Crippen LogP contribution in [-0.4, -0.2) is 23.4 Å². The number of hydrogen-bond donors (Lipinski definition) is 0. The monoisotopic (exact) mass is 234 g/mol. The van der Waals surface area contributed by atoms with Crippen molar-refractivity contribution in [3.8, 4) is 0 Å². The lowest BCUT2D eigenvalue weighted by Gasteiger charge is -2.23. The largest absolute Gasteiger partial charge is 0.225 e. The summed E-state index contributed by atoms with van der Waals surface area (Å²) in [7, 11) is 0. The van der Waals surface area contributed by atoms with Gasteiger partial charge in [0.1, 0.15) is 6.54 Å². The van der Waals surface area contributed by atoms with Gasteiger partial charge in [0, 0.05) is 23.6 Å². The maximum absolute atomic E-state index is 2.52. The van der Waals surface area contributed by atoms with E-state index in [4.69, 9.17) is 0 Å². The van der Waals surface area contributed by atoms with Crippen LogP contribution >= 0.6 is 0 Å². The van der Waals surface area contributed by atoms with E-state index in [1.165, 1.54) is 34.4 Å². The van der Waals surface area contributed by atoms with Gasteiger partial charge in [-0.1, -0.05) is 36.4 Å². The van der Waals surface area contributed by atoms with E-state index in [-0.39, 0.29) is 0 Å². The molecule has 0 spiro atoms. The molecule has 4 rings (SSSR count). The molecule has 3 aliphatic rings. The number of nitrogens with zero attached hydrogens (tertiary/aromatic N) is 1. The maximum atomic E-state index is 2.52. The normalized spacial score (nSPS) is 20.7. The lowest BCUT2D eigenvalue weighted by molar-refractivity contribution is -0.520. The molecule has 1 nitrogen and oxygen atoms in total. The van der Waals surface area contributed by atoms with Crippen LogP contribution in [0.1, 0.15) is 17.5 Å². The second-order valence-electron chi connectivity index (χ2n) is 5.21. The molecule has 0 saturated heterocycles. The second kappa shape index (κ2) is 3.81. The average Bonchev–Trinajstić information content (AvgIpc) is 2.45. The van der Waals surface area contributed by atoms with Crippen LogP contribution in [0.5, 0.6) is 0 Å². The fourth-order valence-electron chi connectivity index (χ4n) is 3.16. The molecule has 0 unspecified atom stereocenters. The van der Waals surface area contributed by atoms with E-state index < -0.39 is 0 Å². The van der Waals surface area contributed by atoms with Gasteiger partial charge in [0.25, 0.3) is 0 Å². The molecule has 0 N–H and O–H groups in total. The number of rotatable bonds is 0. The van der Waals surface area contributed by atoms with Gasteiger partial charge >= 0.3 is 0 Å². The fraction of sp³-hybridized carbons (Fsp3) is 0.235. The third kappa shape index (κ3) is 1.43. The summed E-state index contributed by atoms with van der Waals surface area (Å²) in [5, 5.41) is 0. The first-order valence-corrected chi connectivity index (χ1v) is 6.69. The molecule has 0 aromatic heterocycles. The summed E-state index contributed by atoms with van der Waals surface area (Å²) in [5.41, 5.74) is 7.37. The van der Waals surface area contributed by atoms with Crippen LogP contribution in [0.2, 0.25) is 0 Å². The van der Waals surface area contributed by atoms with Gasteiger partial charge in [-0.05, 0) is 23.6 Å². The highest BCUT2D eigenvalue weighted by atomic mass is 15.0. The van der Waals surface area contributed by atoms with Gasteiger partial charge in [-0.15, -0.1) is 0 Å². The van der Waals surface area contributed by atoms with E-state index in [0.717, 1.165) is 19.5 Å². The minimum absolute atomic E-state index is 1.08. The number of allylic oxidation sites excluding steroid dienone is 4. The van der Waals surface area contributed by atoms with E-state index in [0.29, 0.717) is 0 Å². The minimum Gasteiger partial charge on any atom is -0.225 e. The molecule has 88 valence electrons. The Hall–Kier alpha value is -1.89. The first kappa shape index (κ1) is 10.1. The average molecular weight is 234 g/mol. The Morgan fingerprint density at radius 1 is 1.06 bits per heavy atom. The molecule has 2 aliphatic heterocycles. The summed E-state index contributed by atoms with van der Waals surface area (Å²) >= 11 is 0. The summed E-state index contributed by atoms with van der Waals surface area (Å²) in [4.78, 5) is 0. The van der Waals surface area contributed by atoms with Crippen molar-refractivity contribution < 1.29 is 4.58 Å². The molecule has 1 aromatic rings. The third-order valence-corrected chi connectivity index (χ3v) is 4.14. The van der Waals surface area contributed by atoms with Crippen LogP contribution in [0.25, 0.3) is 0 Å². The first-order chi connectivity index (χ1) is 8.92. The van der Waals surface area contributed by atoms with Crippen molar-refractivity contribution in [3.63, 3.8) is 0 Å². The Balaban J connectivity index is 1.87. The van der Waals surface area contributed by atoms with Gasteiger partial charge in [-0.3, -0.25) is 0 Å². The highest BCUT2D eigenvalue weighted by molar-refractivity contribution is 6.08. The van der Waals surface area contributed by atoms with Crippen LogP contribution in [0, 0.1) is 0 Å². The zero-order valence-corrected chi connectivity index (χ0v) is 10.4. The Morgan fingerprint density at radius 2 is 2.00 bits per heavy atom. The van der Waals surface area contributed by atoms with Gasteiger partial charge in [0.05, 0.1) is 0 Å². The predicted molar refractivity (Wildman–Crippen MR) is 74.2 cm³/mol. The summed E-state index contributed by atoms with van der Waals surface area (Å²) in [6, 6.07) is 8.84. The SMILES string of the molecule is C1=CCC2=CC3=[N+](CCc4ccccc43)CC2=C1. The highest BCUT2D eigenvalue weighted by Crippen LogP contribution is 2.27. The fourth-order valence-corrected chi connectivity index (χ4v) is 3.16. The number of hydrogen-bond acceptors (Lipinski definition) is 0. The summed E-state index contributed by atoms with van der Waals surface area (Å²) in [6.07, 6.45) is 11.4. The lowest BCUT2D eigenvalue weighted by Crippen LogP contribution is -2.34. The van der Waals surface area contributed by atoms with Crippen molar-refractivity contribution in [2.45, 2.75) is 12.8 Å². The van der Waals surface area contributed by atoms with E-state index in [1.54, 1.807) is 0 Å². The highest BCUT2D eigenvalue weighted by Gasteiger charge is 2.29. The summed E-state index contributed by atoms with van der Waals surface area (Å²) in [6.45, 7) is 2.23. The van der Waals surface area contributed by atoms with Crippen molar-refractivity contribution in [2.24, 2.45) is 0 Å². The third-order valence-electron chi connectivity index (χ3n) is 4.14. The molecular weight excluding hydrogens is 218 g/mol. The van der Waals surface area contributed by atoms with Gasteiger partial charge < -0.3 is 0 Å². The van der Waals surface area contributed by atoms with Crippen LogP contribution in [-0.2, 0) is 6.42 Å². The van der Waals surface area contributed by atoms with Crippen molar-refractivity contribution in [1.29, 1.82) is 0 Å². The smallest absolute Gasteiger partial charge is 0.208 e. The van der Waals surface area contributed by atoms with Crippen LogP contribution < -0.4 is 0 Å². The molecule has 1 aromatic carbocycles. The molecule has 1 aliphatic carbocycles. The Kier molecular flexibility index (Phi) is 2.13. The Morgan fingerprint density at radius 3 is 3.00 bits per heavy atom. The number of fused-ring (bicyclic) bond motifs is 3. The van der Waals surface area contributed by atoms with Gasteiger partial charge in [0.2, 0.25) is 5.71 Å². The van der Waals surface area contributed by atoms with Crippen molar-refractivity contribution in [3.05, 3.63) is 70.8 Å².